The van der Waals surface area contributed by atoms with Gasteiger partial charge in [-0.3, -0.25) is 0 Å². The van der Waals surface area contributed by atoms with Gasteiger partial charge in [0.05, 0.1) is 0 Å². The third-order valence-corrected chi connectivity index (χ3v) is 6.03. The third kappa shape index (κ3) is 1.94. The van der Waals surface area contributed by atoms with E-state index >= 15 is 0 Å². The second kappa shape index (κ2) is 4.05. The summed E-state index contributed by atoms with van der Waals surface area (Å²) in [6, 6.07) is 0. The van der Waals surface area contributed by atoms with E-state index in [9.17, 15) is 0 Å². The number of nitrogens with zero attached hydrogens (tertiary/aromatic N) is 2. The van der Waals surface area contributed by atoms with Crippen molar-refractivity contribution in [2.45, 2.75) is 10.7 Å². The van der Waals surface area contributed by atoms with Gasteiger partial charge >= 0.3 is 93.4 Å². The fraction of sp³-hybridized carbons (Fsp3) is 0.375. The predicted octanol–water partition coefficient (Wildman–Crippen LogP) is 2.40. The summed E-state index contributed by atoms with van der Waals surface area (Å²) in [5.74, 6) is 0. The normalized spacial score (nSPS) is 22.1. The Balaban J connectivity index is 2.30. The van der Waals surface area contributed by atoms with Crippen LogP contribution in [-0.4, -0.2) is 24.1 Å². The molecular formula is C8H10N2S2Se. The van der Waals surface area contributed by atoms with Gasteiger partial charge < -0.3 is 0 Å². The molecule has 0 fully saturated rings. The standard InChI is InChI=1S/C8H10N2S2Se/c1-9-2-3-10(8(9)11)7-6-13-5-4-12-7/h2-5,7H,6H2,1H3. The summed E-state index contributed by atoms with van der Waals surface area (Å²) in [4.78, 5) is 2.28. The molecule has 0 spiro atoms. The molecule has 0 saturated carbocycles. The molecule has 2 heterocycles. The molecule has 0 N–H and O–H groups in total. The van der Waals surface area contributed by atoms with E-state index in [1.165, 1.54) is 5.32 Å². The van der Waals surface area contributed by atoms with Crippen LogP contribution in [0.15, 0.2) is 22.8 Å². The van der Waals surface area contributed by atoms with Crippen molar-refractivity contribution in [1.82, 2.24) is 9.13 Å². The van der Waals surface area contributed by atoms with Crippen molar-refractivity contribution in [2.75, 3.05) is 0 Å². The van der Waals surface area contributed by atoms with E-state index in [4.69, 9.17) is 12.2 Å². The minimum atomic E-state index is 0.527. The van der Waals surface area contributed by atoms with Crippen LogP contribution in [0.2, 0.25) is 5.32 Å². The first kappa shape index (κ1) is 9.59. The van der Waals surface area contributed by atoms with Crippen molar-refractivity contribution < 1.29 is 0 Å². The monoisotopic (exact) mass is 278 g/mol. The molecule has 1 aromatic rings. The van der Waals surface area contributed by atoms with Crippen molar-refractivity contribution in [3.8, 4) is 0 Å². The summed E-state index contributed by atoms with van der Waals surface area (Å²) >= 11 is 7.82. The van der Waals surface area contributed by atoms with Crippen LogP contribution in [0.25, 0.3) is 0 Å². The number of rotatable bonds is 1. The second-order valence-electron chi connectivity index (χ2n) is 2.80. The van der Waals surface area contributed by atoms with Crippen LogP contribution in [0.4, 0.5) is 0 Å². The molecule has 1 unspecified atom stereocenters. The molecule has 2 rings (SSSR count). The van der Waals surface area contributed by atoms with Crippen molar-refractivity contribution in [1.29, 1.82) is 0 Å². The molecule has 1 aliphatic heterocycles. The number of hydrogen-bond acceptors (Lipinski definition) is 2. The first-order chi connectivity index (χ1) is 6.29. The summed E-state index contributed by atoms with van der Waals surface area (Å²) < 4.78 is 5.09. The Kier molecular flexibility index (Phi) is 2.99. The van der Waals surface area contributed by atoms with Crippen molar-refractivity contribution >= 4 is 38.9 Å². The molecule has 1 atom stereocenters. The molecule has 13 heavy (non-hydrogen) atoms. The Morgan fingerprint density at radius 1 is 1.62 bits per heavy atom. The number of imidazole rings is 1. The van der Waals surface area contributed by atoms with Gasteiger partial charge in [-0.2, -0.15) is 0 Å². The maximum atomic E-state index is 5.30. The third-order valence-electron chi connectivity index (χ3n) is 1.91. The van der Waals surface area contributed by atoms with Crippen LogP contribution >= 0.6 is 24.0 Å². The summed E-state index contributed by atoms with van der Waals surface area (Å²) in [7, 11) is 1.99. The Hall–Kier alpha value is 0.0395. The number of aryl methyl sites for hydroxylation is 1. The molecule has 1 aromatic heterocycles. The van der Waals surface area contributed by atoms with E-state index in [0.29, 0.717) is 20.3 Å². The first-order valence-corrected chi connectivity index (χ1v) is 7.50. The van der Waals surface area contributed by atoms with Gasteiger partial charge in [0.1, 0.15) is 0 Å². The molecule has 70 valence electrons. The molecule has 0 aromatic carbocycles. The van der Waals surface area contributed by atoms with Crippen molar-refractivity contribution in [3.05, 3.63) is 27.5 Å². The average molecular weight is 277 g/mol. The Labute approximate surface area is 93.2 Å². The van der Waals surface area contributed by atoms with E-state index in [1.807, 2.05) is 29.6 Å². The van der Waals surface area contributed by atoms with Gasteiger partial charge in [-0.05, 0) is 0 Å². The molecule has 0 bridgehead atoms. The van der Waals surface area contributed by atoms with Gasteiger partial charge in [0.15, 0.2) is 0 Å². The molecule has 1 aliphatic rings. The summed E-state index contributed by atoms with van der Waals surface area (Å²) in [5.41, 5.74) is 0. The number of thioether (sulfide) groups is 1. The Morgan fingerprint density at radius 2 is 2.46 bits per heavy atom. The summed E-state index contributed by atoms with van der Waals surface area (Å²) in [5, 5.41) is 3.97. The molecule has 2 nitrogen and oxygen atoms in total. The zero-order valence-electron chi connectivity index (χ0n) is 7.21. The van der Waals surface area contributed by atoms with Crippen molar-refractivity contribution in [2.24, 2.45) is 7.05 Å². The topological polar surface area (TPSA) is 9.86 Å². The van der Waals surface area contributed by atoms with E-state index in [0.717, 1.165) is 4.77 Å². The van der Waals surface area contributed by atoms with Gasteiger partial charge in [-0.25, -0.2) is 0 Å². The fourth-order valence-corrected chi connectivity index (χ4v) is 4.92. The van der Waals surface area contributed by atoms with Crippen LogP contribution in [-0.2, 0) is 7.05 Å². The van der Waals surface area contributed by atoms with Gasteiger partial charge in [0.2, 0.25) is 0 Å². The van der Waals surface area contributed by atoms with Crippen LogP contribution in [0.1, 0.15) is 5.37 Å². The van der Waals surface area contributed by atoms with E-state index in [2.05, 4.69) is 21.1 Å². The molecule has 5 heteroatoms. The Bertz CT molecular complexity index is 380. The van der Waals surface area contributed by atoms with E-state index in [-0.39, 0.29) is 0 Å². The van der Waals surface area contributed by atoms with Crippen LogP contribution in [0.3, 0.4) is 0 Å². The molecule has 0 saturated heterocycles. The second-order valence-corrected chi connectivity index (χ2v) is 6.22. The number of aromatic nitrogens is 2. The first-order valence-electron chi connectivity index (χ1n) is 3.94. The van der Waals surface area contributed by atoms with E-state index in [1.54, 1.807) is 0 Å². The number of hydrogen-bond donors (Lipinski definition) is 0. The predicted molar refractivity (Wildman–Crippen MR) is 60.6 cm³/mol. The van der Waals surface area contributed by atoms with Gasteiger partial charge in [0, 0.05) is 0 Å². The van der Waals surface area contributed by atoms with Crippen molar-refractivity contribution in [3.63, 3.8) is 0 Å². The summed E-state index contributed by atoms with van der Waals surface area (Å²) in [6.45, 7) is 0. The maximum absolute atomic E-state index is 5.30. The van der Waals surface area contributed by atoms with Crippen LogP contribution in [0, 0.1) is 4.77 Å². The average Bonchev–Trinajstić information content (AvgIpc) is 2.49. The molecule has 0 amide bonds. The van der Waals surface area contributed by atoms with Gasteiger partial charge in [0.25, 0.3) is 0 Å². The SMILES string of the molecule is Cn1ccn(C2C[Se]C=CS2)c1=S. The van der Waals surface area contributed by atoms with Gasteiger partial charge in [-0.15, -0.1) is 0 Å². The van der Waals surface area contributed by atoms with Crippen LogP contribution in [0.5, 0.6) is 0 Å². The van der Waals surface area contributed by atoms with E-state index < -0.39 is 0 Å². The summed E-state index contributed by atoms with van der Waals surface area (Å²) in [6.07, 6.45) is 4.10. The fourth-order valence-electron chi connectivity index (χ4n) is 1.19. The zero-order chi connectivity index (χ0) is 9.26. The van der Waals surface area contributed by atoms with Crippen LogP contribution < -0.4 is 0 Å². The molecule has 0 aliphatic carbocycles. The Morgan fingerprint density at radius 3 is 3.00 bits per heavy atom. The zero-order valence-corrected chi connectivity index (χ0v) is 10.6. The molecule has 0 radical (unpaired) electrons. The van der Waals surface area contributed by atoms with Gasteiger partial charge in [-0.1, -0.05) is 0 Å². The molecular weight excluding hydrogens is 267 g/mol. The minimum absolute atomic E-state index is 0.527. The quantitative estimate of drug-likeness (QED) is 0.576.